The van der Waals surface area contributed by atoms with Gasteiger partial charge in [-0.25, -0.2) is 0 Å². The van der Waals surface area contributed by atoms with Gasteiger partial charge in [0.15, 0.2) is 0 Å². The van der Waals surface area contributed by atoms with Crippen LogP contribution in [0.1, 0.15) is 28.7 Å². The molecule has 21 heavy (non-hydrogen) atoms. The average Bonchev–Trinajstić information content (AvgIpc) is 2.49. The summed E-state index contributed by atoms with van der Waals surface area (Å²) in [5.41, 5.74) is 8.64. The van der Waals surface area contributed by atoms with E-state index in [-0.39, 0.29) is 5.92 Å². The van der Waals surface area contributed by atoms with E-state index in [2.05, 4.69) is 0 Å². The second kappa shape index (κ2) is 6.94. The summed E-state index contributed by atoms with van der Waals surface area (Å²) < 4.78 is 5.34. The Bertz CT molecular complexity index is 615. The third kappa shape index (κ3) is 3.56. The highest BCUT2D eigenvalue weighted by atomic mass is 35.5. The molecular weight excluding hydrogens is 286 g/mol. The van der Waals surface area contributed by atoms with E-state index in [4.69, 9.17) is 22.1 Å². The zero-order chi connectivity index (χ0) is 15.4. The maximum atomic E-state index is 10.6. The lowest BCUT2D eigenvalue weighted by Gasteiger charge is -2.23. The minimum atomic E-state index is -0.707. The molecule has 0 fully saturated rings. The van der Waals surface area contributed by atoms with Crippen LogP contribution in [0.3, 0.4) is 0 Å². The normalized spacial score (nSPS) is 13.8. The monoisotopic (exact) mass is 305 g/mol. The van der Waals surface area contributed by atoms with E-state index in [1.54, 1.807) is 19.2 Å². The van der Waals surface area contributed by atoms with Crippen LogP contribution >= 0.6 is 11.6 Å². The molecule has 2 aromatic rings. The second-order valence-corrected chi connectivity index (χ2v) is 5.51. The molecule has 0 aromatic heterocycles. The van der Waals surface area contributed by atoms with Crippen molar-refractivity contribution in [2.75, 3.05) is 13.7 Å². The first-order valence-corrected chi connectivity index (χ1v) is 7.22. The van der Waals surface area contributed by atoms with Crippen molar-refractivity contribution in [3.63, 3.8) is 0 Å². The van der Waals surface area contributed by atoms with Gasteiger partial charge in [0.25, 0.3) is 0 Å². The van der Waals surface area contributed by atoms with Crippen LogP contribution in [0.2, 0.25) is 5.02 Å². The van der Waals surface area contributed by atoms with Gasteiger partial charge < -0.3 is 15.6 Å². The Hall–Kier alpha value is -1.55. The Balaban J connectivity index is 2.35. The third-order valence-electron chi connectivity index (χ3n) is 3.69. The number of methoxy groups -OCH3 is 1. The Morgan fingerprint density at radius 1 is 1.19 bits per heavy atom. The number of aryl methyl sites for hydroxylation is 1. The lowest BCUT2D eigenvalue weighted by atomic mass is 9.88. The lowest BCUT2D eigenvalue weighted by Crippen LogP contribution is -2.20. The van der Waals surface area contributed by atoms with Gasteiger partial charge in [0.2, 0.25) is 0 Å². The first-order valence-electron chi connectivity index (χ1n) is 6.85. The van der Waals surface area contributed by atoms with Crippen molar-refractivity contribution < 1.29 is 9.84 Å². The number of hydrogen-bond acceptors (Lipinski definition) is 3. The minimum Gasteiger partial charge on any atom is -0.496 e. The van der Waals surface area contributed by atoms with Crippen molar-refractivity contribution in [3.05, 3.63) is 64.2 Å². The third-order valence-corrected chi connectivity index (χ3v) is 3.92. The number of rotatable bonds is 5. The number of benzene rings is 2. The number of hydrogen-bond donors (Lipinski definition) is 2. The van der Waals surface area contributed by atoms with Crippen LogP contribution in [0.25, 0.3) is 0 Å². The molecular formula is C17H20ClNO2. The van der Waals surface area contributed by atoms with Gasteiger partial charge >= 0.3 is 0 Å². The Morgan fingerprint density at radius 2 is 1.95 bits per heavy atom. The highest BCUT2D eigenvalue weighted by Crippen LogP contribution is 2.33. The standard InChI is InChI=1S/C17H20ClNO2/c1-11-6-7-12(9-16(11)21-2)15(10-19)17(20)13-4-3-5-14(18)8-13/h3-9,15,17,20H,10,19H2,1-2H3. The highest BCUT2D eigenvalue weighted by molar-refractivity contribution is 6.30. The van der Waals surface area contributed by atoms with Crippen molar-refractivity contribution in [3.8, 4) is 5.75 Å². The van der Waals surface area contributed by atoms with Gasteiger partial charge in [-0.15, -0.1) is 0 Å². The predicted molar refractivity (Wildman–Crippen MR) is 85.9 cm³/mol. The summed E-state index contributed by atoms with van der Waals surface area (Å²) in [5, 5.41) is 11.2. The summed E-state index contributed by atoms with van der Waals surface area (Å²) in [4.78, 5) is 0. The molecule has 2 atom stereocenters. The summed E-state index contributed by atoms with van der Waals surface area (Å²) in [6.07, 6.45) is -0.707. The van der Waals surface area contributed by atoms with Crippen molar-refractivity contribution in [2.24, 2.45) is 5.73 Å². The molecule has 112 valence electrons. The number of aliphatic hydroxyl groups excluding tert-OH is 1. The molecule has 0 spiro atoms. The number of aliphatic hydroxyl groups is 1. The van der Waals surface area contributed by atoms with E-state index in [0.717, 1.165) is 22.4 Å². The minimum absolute atomic E-state index is 0.210. The fraction of sp³-hybridized carbons (Fsp3) is 0.294. The molecule has 2 aromatic carbocycles. The molecule has 0 aliphatic rings. The van der Waals surface area contributed by atoms with Gasteiger partial charge in [-0.2, -0.15) is 0 Å². The molecule has 0 bridgehead atoms. The number of halogens is 1. The second-order valence-electron chi connectivity index (χ2n) is 5.07. The molecule has 0 saturated heterocycles. The largest absolute Gasteiger partial charge is 0.496 e. The van der Waals surface area contributed by atoms with Crippen molar-refractivity contribution >= 4 is 11.6 Å². The summed E-state index contributed by atoms with van der Waals surface area (Å²) in [6, 6.07) is 13.1. The maximum Gasteiger partial charge on any atom is 0.122 e. The van der Waals surface area contributed by atoms with Crippen LogP contribution in [0.15, 0.2) is 42.5 Å². The summed E-state index contributed by atoms with van der Waals surface area (Å²) in [7, 11) is 1.64. The van der Waals surface area contributed by atoms with Crippen LogP contribution in [0, 0.1) is 6.92 Å². The Labute approximate surface area is 130 Å². The predicted octanol–water partition coefficient (Wildman–Crippen LogP) is 3.43. The van der Waals surface area contributed by atoms with E-state index >= 15 is 0 Å². The quantitative estimate of drug-likeness (QED) is 0.890. The van der Waals surface area contributed by atoms with Gasteiger partial charge in [-0.3, -0.25) is 0 Å². The van der Waals surface area contributed by atoms with E-state index < -0.39 is 6.10 Å². The molecule has 0 amide bonds. The van der Waals surface area contributed by atoms with Crippen molar-refractivity contribution in [1.82, 2.24) is 0 Å². The molecule has 0 aliphatic carbocycles. The molecule has 3 nitrogen and oxygen atoms in total. The average molecular weight is 306 g/mol. The topological polar surface area (TPSA) is 55.5 Å². The fourth-order valence-electron chi connectivity index (χ4n) is 2.44. The maximum absolute atomic E-state index is 10.6. The highest BCUT2D eigenvalue weighted by Gasteiger charge is 2.22. The molecule has 2 rings (SSSR count). The van der Waals surface area contributed by atoms with Crippen LogP contribution < -0.4 is 10.5 Å². The fourth-order valence-corrected chi connectivity index (χ4v) is 2.64. The zero-order valence-corrected chi connectivity index (χ0v) is 13.0. The van der Waals surface area contributed by atoms with Crippen LogP contribution in [0.5, 0.6) is 5.75 Å². The zero-order valence-electron chi connectivity index (χ0n) is 12.2. The molecule has 2 unspecified atom stereocenters. The van der Waals surface area contributed by atoms with Crippen LogP contribution in [-0.2, 0) is 0 Å². The first kappa shape index (κ1) is 15.8. The van der Waals surface area contributed by atoms with Crippen molar-refractivity contribution in [1.29, 1.82) is 0 Å². The first-order chi connectivity index (χ1) is 10.1. The molecule has 0 aliphatic heterocycles. The van der Waals surface area contributed by atoms with Crippen molar-refractivity contribution in [2.45, 2.75) is 18.9 Å². The number of ether oxygens (including phenoxy) is 1. The van der Waals surface area contributed by atoms with Crippen LogP contribution in [0.4, 0.5) is 0 Å². The smallest absolute Gasteiger partial charge is 0.122 e. The molecule has 4 heteroatoms. The Kier molecular flexibility index (Phi) is 5.23. The van der Waals surface area contributed by atoms with Gasteiger partial charge in [0, 0.05) is 17.5 Å². The summed E-state index contributed by atoms with van der Waals surface area (Å²) in [5.74, 6) is 0.585. The Morgan fingerprint density at radius 3 is 2.57 bits per heavy atom. The van der Waals surface area contributed by atoms with E-state index in [0.29, 0.717) is 11.6 Å². The lowest BCUT2D eigenvalue weighted by molar-refractivity contribution is 0.147. The van der Waals surface area contributed by atoms with Gasteiger partial charge in [0.1, 0.15) is 5.75 Å². The van der Waals surface area contributed by atoms with E-state index in [1.165, 1.54) is 0 Å². The van der Waals surface area contributed by atoms with Gasteiger partial charge in [-0.05, 0) is 41.8 Å². The van der Waals surface area contributed by atoms with Gasteiger partial charge in [0.05, 0.1) is 13.2 Å². The van der Waals surface area contributed by atoms with Crippen LogP contribution in [-0.4, -0.2) is 18.8 Å². The van der Waals surface area contributed by atoms with E-state index in [1.807, 2.05) is 37.3 Å². The van der Waals surface area contributed by atoms with Gasteiger partial charge in [-0.1, -0.05) is 35.9 Å². The molecule has 0 heterocycles. The van der Waals surface area contributed by atoms with E-state index in [9.17, 15) is 5.11 Å². The molecule has 3 N–H and O–H groups in total. The summed E-state index contributed by atoms with van der Waals surface area (Å²) in [6.45, 7) is 2.31. The molecule has 0 saturated carbocycles. The summed E-state index contributed by atoms with van der Waals surface area (Å²) >= 11 is 5.99. The molecule has 0 radical (unpaired) electrons. The SMILES string of the molecule is COc1cc(C(CN)C(O)c2cccc(Cl)c2)ccc1C. The number of nitrogens with two attached hydrogens (primary N) is 1.